The molecule has 0 aliphatic carbocycles. The van der Waals surface area contributed by atoms with E-state index in [1.54, 1.807) is 37.7 Å². The first kappa shape index (κ1) is 22.1. The number of aromatic nitrogens is 2. The van der Waals surface area contributed by atoms with E-state index in [1.165, 1.54) is 6.07 Å². The minimum Gasteiger partial charge on any atom is -0.491 e. The molecule has 8 nitrogen and oxygen atoms in total. The Balaban J connectivity index is 1.71. The number of carboxylic acids is 1. The maximum atomic E-state index is 11.7. The summed E-state index contributed by atoms with van der Waals surface area (Å²) in [6.07, 6.45) is 1.69. The molecule has 0 saturated heterocycles. The van der Waals surface area contributed by atoms with Gasteiger partial charge in [-0.25, -0.2) is 9.59 Å². The number of rotatable bonds is 8. The van der Waals surface area contributed by atoms with Gasteiger partial charge in [-0.15, -0.1) is 0 Å². The Morgan fingerprint density at radius 2 is 1.90 bits per heavy atom. The minimum absolute atomic E-state index is 0.133. The Bertz CT molecular complexity index is 1050. The fourth-order valence-corrected chi connectivity index (χ4v) is 3.06. The number of alkyl carbamates (subject to hydrolysis) is 1. The molecule has 1 aromatic heterocycles. The van der Waals surface area contributed by atoms with Gasteiger partial charge in [-0.3, -0.25) is 4.68 Å². The van der Waals surface area contributed by atoms with Crippen molar-refractivity contribution in [2.75, 3.05) is 13.2 Å². The summed E-state index contributed by atoms with van der Waals surface area (Å²) in [6, 6.07) is 13.0. The number of nitrogens with one attached hydrogen (secondary N) is 1. The zero-order valence-corrected chi connectivity index (χ0v) is 17.9. The average molecular weight is 425 g/mol. The maximum absolute atomic E-state index is 11.7. The summed E-state index contributed by atoms with van der Waals surface area (Å²) in [5.74, 6) is -0.588. The van der Waals surface area contributed by atoms with Crippen molar-refractivity contribution in [3.8, 4) is 5.75 Å². The molecule has 0 bridgehead atoms. The van der Waals surface area contributed by atoms with Crippen molar-refractivity contribution in [2.24, 2.45) is 0 Å². The lowest BCUT2D eigenvalue weighted by molar-refractivity contribution is 0.0524. The summed E-state index contributed by atoms with van der Waals surface area (Å²) < 4.78 is 12.9. The summed E-state index contributed by atoms with van der Waals surface area (Å²) in [6.45, 7) is 6.61. The van der Waals surface area contributed by atoms with Crippen LogP contribution in [0.5, 0.6) is 5.75 Å². The summed E-state index contributed by atoms with van der Waals surface area (Å²) in [5.41, 5.74) is 1.38. The molecule has 3 rings (SSSR count). The number of amides is 1. The smallest absolute Gasteiger partial charge is 0.407 e. The van der Waals surface area contributed by atoms with Crippen molar-refractivity contribution >= 4 is 23.0 Å². The first-order valence-corrected chi connectivity index (χ1v) is 10.1. The molecule has 1 amide bonds. The van der Waals surface area contributed by atoms with Crippen LogP contribution in [0, 0.1) is 0 Å². The van der Waals surface area contributed by atoms with Crippen molar-refractivity contribution in [3.05, 3.63) is 59.8 Å². The predicted octanol–water partition coefficient (Wildman–Crippen LogP) is 4.08. The summed E-state index contributed by atoms with van der Waals surface area (Å²) in [4.78, 5) is 23.2. The van der Waals surface area contributed by atoms with E-state index in [9.17, 15) is 14.7 Å². The molecule has 0 aliphatic heterocycles. The van der Waals surface area contributed by atoms with Gasteiger partial charge in [0.15, 0.2) is 0 Å². The zero-order chi connectivity index (χ0) is 22.4. The van der Waals surface area contributed by atoms with E-state index in [-0.39, 0.29) is 5.56 Å². The van der Waals surface area contributed by atoms with Gasteiger partial charge in [0.1, 0.15) is 16.9 Å². The lowest BCUT2D eigenvalue weighted by Gasteiger charge is -2.19. The molecule has 31 heavy (non-hydrogen) atoms. The molecule has 0 radical (unpaired) electrons. The van der Waals surface area contributed by atoms with Crippen molar-refractivity contribution in [1.82, 2.24) is 15.1 Å². The molecule has 2 aromatic carbocycles. The van der Waals surface area contributed by atoms with E-state index >= 15 is 0 Å². The molecule has 0 fully saturated rings. The Hall–Kier alpha value is -3.55. The molecule has 0 aliphatic rings. The number of carboxylic acid groups (broad SMARTS) is 1. The summed E-state index contributed by atoms with van der Waals surface area (Å²) in [5, 5.41) is 17.2. The van der Waals surface area contributed by atoms with Gasteiger partial charge in [0.2, 0.25) is 0 Å². The van der Waals surface area contributed by atoms with Crippen LogP contribution in [0.25, 0.3) is 10.9 Å². The van der Waals surface area contributed by atoms with Gasteiger partial charge in [-0.05, 0) is 44.9 Å². The number of benzene rings is 2. The van der Waals surface area contributed by atoms with Crippen molar-refractivity contribution in [1.29, 1.82) is 0 Å². The number of aromatic carboxylic acids is 1. The van der Waals surface area contributed by atoms with E-state index in [0.29, 0.717) is 37.3 Å². The van der Waals surface area contributed by atoms with Gasteiger partial charge in [0.05, 0.1) is 24.9 Å². The number of hydrogen-bond acceptors (Lipinski definition) is 5. The third kappa shape index (κ3) is 6.21. The fraction of sp³-hybridized carbons (Fsp3) is 0.348. The van der Waals surface area contributed by atoms with Crippen molar-refractivity contribution in [2.45, 2.75) is 39.3 Å². The van der Waals surface area contributed by atoms with Crippen LogP contribution in [0.4, 0.5) is 4.79 Å². The quantitative estimate of drug-likeness (QED) is 0.527. The van der Waals surface area contributed by atoms with Gasteiger partial charge >= 0.3 is 12.1 Å². The predicted molar refractivity (Wildman–Crippen MR) is 117 cm³/mol. The molecule has 164 valence electrons. The van der Waals surface area contributed by atoms with E-state index in [2.05, 4.69) is 10.4 Å². The Morgan fingerprint density at radius 3 is 2.58 bits per heavy atom. The van der Waals surface area contributed by atoms with Crippen LogP contribution in [0.2, 0.25) is 0 Å². The Morgan fingerprint density at radius 1 is 1.16 bits per heavy atom. The van der Waals surface area contributed by atoms with Crippen LogP contribution in [0.3, 0.4) is 0 Å². The first-order chi connectivity index (χ1) is 14.7. The highest BCUT2D eigenvalue weighted by molar-refractivity contribution is 5.96. The molecule has 2 N–H and O–H groups in total. The van der Waals surface area contributed by atoms with E-state index in [1.807, 2.05) is 30.3 Å². The van der Waals surface area contributed by atoms with Crippen molar-refractivity contribution in [3.63, 3.8) is 0 Å². The monoisotopic (exact) mass is 425 g/mol. The molecule has 0 atom stereocenters. The molecule has 0 saturated carbocycles. The van der Waals surface area contributed by atoms with Crippen LogP contribution >= 0.6 is 0 Å². The van der Waals surface area contributed by atoms with Gasteiger partial charge in [-0.1, -0.05) is 30.3 Å². The highest BCUT2D eigenvalue weighted by atomic mass is 16.6. The molecule has 3 aromatic rings. The number of fused-ring (bicyclic) bond motifs is 1. The minimum atomic E-state index is -1.03. The second-order valence-electron chi connectivity index (χ2n) is 8.14. The Kier molecular flexibility index (Phi) is 6.79. The molecule has 0 spiro atoms. The lowest BCUT2D eigenvalue weighted by atomic mass is 10.1. The van der Waals surface area contributed by atoms with Gasteiger partial charge in [0, 0.05) is 11.9 Å². The van der Waals surface area contributed by atoms with Crippen LogP contribution in [-0.2, 0) is 11.3 Å². The van der Waals surface area contributed by atoms with E-state index in [0.717, 1.165) is 11.1 Å². The fourth-order valence-electron chi connectivity index (χ4n) is 3.06. The van der Waals surface area contributed by atoms with Crippen LogP contribution in [0.1, 0.15) is 43.1 Å². The molecule has 8 heteroatoms. The molecular formula is C23H27N3O5. The van der Waals surface area contributed by atoms with Crippen LogP contribution in [-0.4, -0.2) is 45.7 Å². The second kappa shape index (κ2) is 9.51. The average Bonchev–Trinajstić information content (AvgIpc) is 3.10. The van der Waals surface area contributed by atoms with Gasteiger partial charge in [0.25, 0.3) is 0 Å². The third-order valence-electron chi connectivity index (χ3n) is 4.37. The standard InChI is InChI=1S/C23H27N3O5/c1-23(2,3)31-22(29)24-10-7-11-30-19-13-17(21(27)28)12-18-14-25-26(20(18)19)15-16-8-5-4-6-9-16/h4-6,8-9,12-14H,7,10-11,15H2,1-3H3,(H,24,29)(H,27,28). The second-order valence-corrected chi connectivity index (χ2v) is 8.14. The highest BCUT2D eigenvalue weighted by Crippen LogP contribution is 2.28. The molecular weight excluding hydrogens is 398 g/mol. The lowest BCUT2D eigenvalue weighted by Crippen LogP contribution is -2.33. The Labute approximate surface area is 180 Å². The van der Waals surface area contributed by atoms with E-state index < -0.39 is 17.7 Å². The number of hydrogen-bond donors (Lipinski definition) is 2. The summed E-state index contributed by atoms with van der Waals surface area (Å²) in [7, 11) is 0. The van der Waals surface area contributed by atoms with E-state index in [4.69, 9.17) is 9.47 Å². The summed E-state index contributed by atoms with van der Waals surface area (Å²) >= 11 is 0. The topological polar surface area (TPSA) is 103 Å². The molecule has 1 heterocycles. The largest absolute Gasteiger partial charge is 0.491 e. The SMILES string of the molecule is CC(C)(C)OC(=O)NCCCOc1cc(C(=O)O)cc2cnn(Cc3ccccc3)c12. The van der Waals surface area contributed by atoms with Crippen LogP contribution in [0.15, 0.2) is 48.7 Å². The van der Waals surface area contributed by atoms with Crippen LogP contribution < -0.4 is 10.1 Å². The number of ether oxygens (including phenoxy) is 2. The number of carbonyl (C=O) groups is 2. The highest BCUT2D eigenvalue weighted by Gasteiger charge is 2.17. The first-order valence-electron chi connectivity index (χ1n) is 10.1. The number of carbonyl (C=O) groups excluding carboxylic acids is 1. The van der Waals surface area contributed by atoms with Gasteiger partial charge < -0.3 is 19.9 Å². The van der Waals surface area contributed by atoms with Gasteiger partial charge in [-0.2, -0.15) is 5.10 Å². The maximum Gasteiger partial charge on any atom is 0.407 e. The number of nitrogens with zero attached hydrogens (tertiary/aromatic N) is 2. The molecule has 0 unspecified atom stereocenters. The normalized spacial score (nSPS) is 11.3. The third-order valence-corrected chi connectivity index (χ3v) is 4.37. The zero-order valence-electron chi connectivity index (χ0n) is 17.9. The van der Waals surface area contributed by atoms with Crippen molar-refractivity contribution < 1.29 is 24.2 Å².